The van der Waals surface area contributed by atoms with E-state index in [1.807, 2.05) is 0 Å². The second-order valence-electron chi connectivity index (χ2n) is 5.89. The maximum atomic E-state index is 3.58. The van der Waals surface area contributed by atoms with Crippen molar-refractivity contribution in [3.05, 3.63) is 0 Å². The summed E-state index contributed by atoms with van der Waals surface area (Å²) in [6, 6.07) is 0.706. The summed E-state index contributed by atoms with van der Waals surface area (Å²) in [5, 5.41) is 3.58. The van der Waals surface area contributed by atoms with Gasteiger partial charge in [0.25, 0.3) is 0 Å². The largest absolute Gasteiger partial charge is 0.316 e. The van der Waals surface area contributed by atoms with E-state index < -0.39 is 0 Å². The van der Waals surface area contributed by atoms with Gasteiger partial charge in [0.05, 0.1) is 0 Å². The SMILES string of the molecule is CCCNCC(C)(CC)CN(C)C(C)CCC. The lowest BCUT2D eigenvalue weighted by Gasteiger charge is -2.36. The maximum Gasteiger partial charge on any atom is 0.00640 e. The van der Waals surface area contributed by atoms with Gasteiger partial charge in [-0.15, -0.1) is 0 Å². The van der Waals surface area contributed by atoms with Crippen LogP contribution in [-0.2, 0) is 0 Å². The Bertz CT molecular complexity index is 182. The van der Waals surface area contributed by atoms with Crippen LogP contribution in [0.3, 0.4) is 0 Å². The van der Waals surface area contributed by atoms with Gasteiger partial charge in [-0.3, -0.25) is 0 Å². The normalized spacial score (nSPS) is 17.1. The van der Waals surface area contributed by atoms with Gasteiger partial charge in [-0.05, 0) is 45.2 Å². The van der Waals surface area contributed by atoms with Crippen molar-refractivity contribution in [1.82, 2.24) is 10.2 Å². The molecular weight excluding hydrogens is 208 g/mol. The molecule has 0 aliphatic rings. The molecule has 0 aromatic carbocycles. The van der Waals surface area contributed by atoms with Gasteiger partial charge >= 0.3 is 0 Å². The van der Waals surface area contributed by atoms with E-state index in [1.54, 1.807) is 0 Å². The highest BCUT2D eigenvalue weighted by molar-refractivity contribution is 4.80. The van der Waals surface area contributed by atoms with Crippen LogP contribution in [-0.4, -0.2) is 37.6 Å². The first kappa shape index (κ1) is 16.9. The standard InChI is InChI=1S/C15H34N2/c1-7-10-14(4)17(6)13-15(5,9-3)12-16-11-8-2/h14,16H,7-13H2,1-6H3. The fourth-order valence-corrected chi connectivity index (χ4v) is 2.26. The predicted octanol–water partition coefficient (Wildman–Crippen LogP) is 3.52. The molecule has 0 bridgehead atoms. The zero-order valence-electron chi connectivity index (χ0n) is 13.0. The van der Waals surface area contributed by atoms with Crippen LogP contribution in [0.5, 0.6) is 0 Å². The van der Waals surface area contributed by atoms with Crippen LogP contribution < -0.4 is 5.32 Å². The zero-order valence-corrected chi connectivity index (χ0v) is 13.0. The highest BCUT2D eigenvalue weighted by atomic mass is 15.1. The van der Waals surface area contributed by atoms with Crippen molar-refractivity contribution in [2.75, 3.05) is 26.7 Å². The van der Waals surface area contributed by atoms with Crippen molar-refractivity contribution in [2.45, 2.75) is 66.3 Å². The first-order chi connectivity index (χ1) is 7.99. The van der Waals surface area contributed by atoms with Crippen molar-refractivity contribution < 1.29 is 0 Å². The van der Waals surface area contributed by atoms with Crippen LogP contribution in [0.25, 0.3) is 0 Å². The minimum atomic E-state index is 0.409. The molecule has 0 saturated carbocycles. The quantitative estimate of drug-likeness (QED) is 0.590. The van der Waals surface area contributed by atoms with Gasteiger partial charge in [0.15, 0.2) is 0 Å². The number of hydrogen-bond donors (Lipinski definition) is 1. The van der Waals surface area contributed by atoms with Gasteiger partial charge in [0, 0.05) is 19.1 Å². The molecule has 0 fully saturated rings. The van der Waals surface area contributed by atoms with E-state index in [0.717, 1.165) is 13.1 Å². The molecule has 0 radical (unpaired) electrons. The van der Waals surface area contributed by atoms with Crippen LogP contribution in [0.4, 0.5) is 0 Å². The van der Waals surface area contributed by atoms with Crippen molar-refractivity contribution in [2.24, 2.45) is 5.41 Å². The second kappa shape index (κ2) is 8.93. The highest BCUT2D eigenvalue weighted by Crippen LogP contribution is 2.22. The molecule has 0 saturated heterocycles. The molecule has 2 atom stereocenters. The molecule has 1 N–H and O–H groups in total. The molecule has 0 aliphatic heterocycles. The predicted molar refractivity (Wildman–Crippen MR) is 78.6 cm³/mol. The first-order valence-electron chi connectivity index (χ1n) is 7.40. The van der Waals surface area contributed by atoms with Crippen LogP contribution >= 0.6 is 0 Å². The summed E-state index contributed by atoms with van der Waals surface area (Å²) in [5.74, 6) is 0. The highest BCUT2D eigenvalue weighted by Gasteiger charge is 2.25. The number of rotatable bonds is 10. The van der Waals surface area contributed by atoms with Crippen molar-refractivity contribution >= 4 is 0 Å². The molecular formula is C15H34N2. The maximum absolute atomic E-state index is 3.58. The van der Waals surface area contributed by atoms with E-state index in [9.17, 15) is 0 Å². The fourth-order valence-electron chi connectivity index (χ4n) is 2.26. The van der Waals surface area contributed by atoms with E-state index in [0.29, 0.717) is 11.5 Å². The van der Waals surface area contributed by atoms with E-state index in [1.165, 1.54) is 32.2 Å². The molecule has 0 aromatic rings. The molecule has 2 heteroatoms. The lowest BCUT2D eigenvalue weighted by atomic mass is 9.86. The molecule has 0 aliphatic carbocycles. The van der Waals surface area contributed by atoms with Gasteiger partial charge in [0.1, 0.15) is 0 Å². The Hall–Kier alpha value is -0.0800. The summed E-state index contributed by atoms with van der Waals surface area (Å²) in [7, 11) is 2.27. The molecule has 0 aromatic heterocycles. The average molecular weight is 242 g/mol. The molecule has 0 spiro atoms. The lowest BCUT2D eigenvalue weighted by molar-refractivity contribution is 0.142. The molecule has 2 nitrogen and oxygen atoms in total. The third-order valence-electron chi connectivity index (χ3n) is 3.92. The second-order valence-corrected chi connectivity index (χ2v) is 5.89. The van der Waals surface area contributed by atoms with Crippen LogP contribution in [0.1, 0.15) is 60.3 Å². The molecule has 0 amide bonds. The zero-order chi connectivity index (χ0) is 13.3. The van der Waals surface area contributed by atoms with Crippen molar-refractivity contribution in [1.29, 1.82) is 0 Å². The van der Waals surface area contributed by atoms with Gasteiger partial charge in [-0.2, -0.15) is 0 Å². The van der Waals surface area contributed by atoms with E-state index in [4.69, 9.17) is 0 Å². The van der Waals surface area contributed by atoms with Crippen LogP contribution in [0.2, 0.25) is 0 Å². The summed E-state index contributed by atoms with van der Waals surface area (Å²) < 4.78 is 0. The Labute approximate surface area is 109 Å². The number of nitrogens with zero attached hydrogens (tertiary/aromatic N) is 1. The summed E-state index contributed by atoms with van der Waals surface area (Å²) >= 11 is 0. The van der Waals surface area contributed by atoms with Crippen LogP contribution in [0.15, 0.2) is 0 Å². The van der Waals surface area contributed by atoms with E-state index >= 15 is 0 Å². The van der Waals surface area contributed by atoms with E-state index in [2.05, 4.69) is 51.9 Å². The minimum Gasteiger partial charge on any atom is -0.316 e. The van der Waals surface area contributed by atoms with Gasteiger partial charge in [0.2, 0.25) is 0 Å². The topological polar surface area (TPSA) is 15.3 Å². The third kappa shape index (κ3) is 7.05. The molecule has 2 unspecified atom stereocenters. The molecule has 0 heterocycles. The Morgan fingerprint density at radius 3 is 2.29 bits per heavy atom. The molecule has 104 valence electrons. The van der Waals surface area contributed by atoms with Crippen LogP contribution in [0, 0.1) is 5.41 Å². The van der Waals surface area contributed by atoms with Gasteiger partial charge in [-0.1, -0.05) is 34.1 Å². The molecule has 0 rings (SSSR count). The first-order valence-corrected chi connectivity index (χ1v) is 7.40. The Morgan fingerprint density at radius 2 is 1.82 bits per heavy atom. The fraction of sp³-hybridized carbons (Fsp3) is 1.00. The Morgan fingerprint density at radius 1 is 1.18 bits per heavy atom. The summed E-state index contributed by atoms with van der Waals surface area (Å²) in [5.41, 5.74) is 0.409. The monoisotopic (exact) mass is 242 g/mol. The smallest absolute Gasteiger partial charge is 0.00640 e. The third-order valence-corrected chi connectivity index (χ3v) is 3.92. The summed E-state index contributed by atoms with van der Waals surface area (Å²) in [6.45, 7) is 15.0. The summed E-state index contributed by atoms with van der Waals surface area (Å²) in [4.78, 5) is 2.53. The van der Waals surface area contributed by atoms with Gasteiger partial charge < -0.3 is 10.2 Å². The lowest BCUT2D eigenvalue weighted by Crippen LogP contribution is -2.43. The Balaban J connectivity index is 4.15. The number of nitrogens with one attached hydrogen (secondary N) is 1. The van der Waals surface area contributed by atoms with Crippen molar-refractivity contribution in [3.8, 4) is 0 Å². The average Bonchev–Trinajstić information content (AvgIpc) is 2.29. The Kier molecular flexibility index (Phi) is 8.89. The minimum absolute atomic E-state index is 0.409. The van der Waals surface area contributed by atoms with Crippen molar-refractivity contribution in [3.63, 3.8) is 0 Å². The summed E-state index contributed by atoms with van der Waals surface area (Å²) in [6.07, 6.45) is 5.05. The molecule has 17 heavy (non-hydrogen) atoms. The number of hydrogen-bond acceptors (Lipinski definition) is 2. The van der Waals surface area contributed by atoms with Gasteiger partial charge in [-0.25, -0.2) is 0 Å². The van der Waals surface area contributed by atoms with E-state index in [-0.39, 0.29) is 0 Å².